The Hall–Kier alpha value is -2.50. The molecule has 0 atom stereocenters. The Bertz CT molecular complexity index is 746. The summed E-state index contributed by atoms with van der Waals surface area (Å²) in [4.78, 5) is 27.6. The van der Waals surface area contributed by atoms with Crippen LogP contribution in [0.15, 0.2) is 27.9 Å². The number of hydrogen-bond donors (Lipinski definition) is 2. The second-order valence-corrected chi connectivity index (χ2v) is 4.60. The molecule has 2 rings (SSSR count). The lowest BCUT2D eigenvalue weighted by atomic mass is 9.98. The molecule has 0 unspecified atom stereocenters. The fourth-order valence-electron chi connectivity index (χ4n) is 2.23. The molecule has 0 aliphatic rings. The molecule has 1 heterocycles. The number of nitrogens with one attached hydrogen (secondary N) is 2. The smallest absolute Gasteiger partial charge is 0.325 e. The summed E-state index contributed by atoms with van der Waals surface area (Å²) in [7, 11) is 3.16. The van der Waals surface area contributed by atoms with Gasteiger partial charge < -0.3 is 14.5 Å². The lowest BCUT2D eigenvalue weighted by Gasteiger charge is -2.14. The van der Waals surface area contributed by atoms with Crippen molar-refractivity contribution in [3.05, 3.63) is 55.9 Å². The average Bonchev–Trinajstić information content (AvgIpc) is 2.49. The molecule has 0 bridgehead atoms. The van der Waals surface area contributed by atoms with Crippen molar-refractivity contribution >= 4 is 0 Å². The maximum Gasteiger partial charge on any atom is 0.325 e. The van der Waals surface area contributed by atoms with E-state index in [1.165, 1.54) is 6.20 Å². The van der Waals surface area contributed by atoms with Gasteiger partial charge in [0.1, 0.15) is 0 Å². The predicted octanol–water partition coefficient (Wildman–Crippen LogP) is 1.23. The van der Waals surface area contributed by atoms with E-state index in [1.807, 2.05) is 19.1 Å². The molecule has 6 nitrogen and oxygen atoms in total. The van der Waals surface area contributed by atoms with Gasteiger partial charge in [-0.2, -0.15) is 0 Å². The zero-order chi connectivity index (χ0) is 15.4. The van der Waals surface area contributed by atoms with Crippen LogP contribution in [0.1, 0.15) is 23.6 Å². The maximum atomic E-state index is 11.8. The first-order chi connectivity index (χ1) is 10.1. The van der Waals surface area contributed by atoms with E-state index in [2.05, 4.69) is 9.97 Å². The van der Waals surface area contributed by atoms with Crippen molar-refractivity contribution < 1.29 is 9.47 Å². The summed E-state index contributed by atoms with van der Waals surface area (Å²) in [5, 5.41) is 0. The van der Waals surface area contributed by atoms with E-state index >= 15 is 0 Å². The maximum absolute atomic E-state index is 11.8. The number of aryl methyl sites for hydroxylation is 1. The SMILES string of the molecule is CCc1cc(OC)c(OC)cc1Cc1c[nH]c(=O)[nH]c1=O. The van der Waals surface area contributed by atoms with Crippen molar-refractivity contribution in [1.29, 1.82) is 0 Å². The van der Waals surface area contributed by atoms with Crippen molar-refractivity contribution in [2.75, 3.05) is 14.2 Å². The van der Waals surface area contributed by atoms with Crippen LogP contribution >= 0.6 is 0 Å². The molecule has 112 valence electrons. The molecule has 0 radical (unpaired) electrons. The van der Waals surface area contributed by atoms with Crippen LogP contribution in [0.3, 0.4) is 0 Å². The largest absolute Gasteiger partial charge is 0.493 e. The van der Waals surface area contributed by atoms with Crippen LogP contribution in [-0.2, 0) is 12.8 Å². The number of aromatic amines is 2. The van der Waals surface area contributed by atoms with Gasteiger partial charge in [0.15, 0.2) is 11.5 Å². The van der Waals surface area contributed by atoms with Gasteiger partial charge in [-0.3, -0.25) is 9.78 Å². The summed E-state index contributed by atoms with van der Waals surface area (Å²) in [5.74, 6) is 1.28. The second kappa shape index (κ2) is 6.30. The van der Waals surface area contributed by atoms with Crippen LogP contribution in [0, 0.1) is 0 Å². The minimum atomic E-state index is -0.508. The Balaban J connectivity index is 2.47. The molecule has 0 spiro atoms. The monoisotopic (exact) mass is 290 g/mol. The van der Waals surface area contributed by atoms with Gasteiger partial charge in [-0.1, -0.05) is 6.92 Å². The Labute approximate surface area is 121 Å². The van der Waals surface area contributed by atoms with Crippen LogP contribution in [0.4, 0.5) is 0 Å². The highest BCUT2D eigenvalue weighted by Crippen LogP contribution is 2.31. The van der Waals surface area contributed by atoms with E-state index in [-0.39, 0.29) is 5.56 Å². The number of benzene rings is 1. The summed E-state index contributed by atoms with van der Waals surface area (Å²) < 4.78 is 10.6. The number of hydrogen-bond acceptors (Lipinski definition) is 4. The van der Waals surface area contributed by atoms with Gasteiger partial charge in [0.05, 0.1) is 14.2 Å². The Morgan fingerprint density at radius 1 is 1.00 bits per heavy atom. The van der Waals surface area contributed by atoms with E-state index in [1.54, 1.807) is 14.2 Å². The molecule has 1 aromatic heterocycles. The zero-order valence-electron chi connectivity index (χ0n) is 12.3. The van der Waals surface area contributed by atoms with Crippen LogP contribution in [0.5, 0.6) is 11.5 Å². The average molecular weight is 290 g/mol. The first kappa shape index (κ1) is 14.9. The van der Waals surface area contributed by atoms with Crippen LogP contribution < -0.4 is 20.7 Å². The molecule has 0 saturated heterocycles. The van der Waals surface area contributed by atoms with E-state index in [0.717, 1.165) is 17.5 Å². The lowest BCUT2D eigenvalue weighted by Crippen LogP contribution is -2.24. The van der Waals surface area contributed by atoms with Crippen molar-refractivity contribution in [3.8, 4) is 11.5 Å². The highest BCUT2D eigenvalue weighted by Gasteiger charge is 2.12. The first-order valence-corrected chi connectivity index (χ1v) is 6.63. The molecule has 0 amide bonds. The summed E-state index contributed by atoms with van der Waals surface area (Å²) in [6.45, 7) is 2.03. The fourth-order valence-corrected chi connectivity index (χ4v) is 2.23. The topological polar surface area (TPSA) is 84.2 Å². The highest BCUT2D eigenvalue weighted by atomic mass is 16.5. The molecule has 2 aromatic rings. The normalized spacial score (nSPS) is 10.4. The number of H-pyrrole nitrogens is 2. The van der Waals surface area contributed by atoms with Gasteiger partial charge in [-0.25, -0.2) is 4.79 Å². The minimum absolute atomic E-state index is 0.379. The number of ether oxygens (including phenoxy) is 2. The molecular formula is C15H18N2O4. The van der Waals surface area contributed by atoms with Crippen molar-refractivity contribution in [2.24, 2.45) is 0 Å². The van der Waals surface area contributed by atoms with Gasteiger partial charge in [0.2, 0.25) is 0 Å². The van der Waals surface area contributed by atoms with Crippen LogP contribution in [0.2, 0.25) is 0 Å². The Kier molecular flexibility index (Phi) is 4.47. The van der Waals surface area contributed by atoms with Crippen LogP contribution in [-0.4, -0.2) is 24.2 Å². The van der Waals surface area contributed by atoms with Crippen LogP contribution in [0.25, 0.3) is 0 Å². The Morgan fingerprint density at radius 3 is 2.14 bits per heavy atom. The van der Waals surface area contributed by atoms with Gasteiger partial charge >= 0.3 is 5.69 Å². The van der Waals surface area contributed by atoms with Gasteiger partial charge in [0.25, 0.3) is 5.56 Å². The highest BCUT2D eigenvalue weighted by molar-refractivity contribution is 5.48. The number of methoxy groups -OCH3 is 2. The van der Waals surface area contributed by atoms with E-state index in [4.69, 9.17) is 9.47 Å². The second-order valence-electron chi connectivity index (χ2n) is 4.60. The van der Waals surface area contributed by atoms with Crippen molar-refractivity contribution in [1.82, 2.24) is 9.97 Å². The van der Waals surface area contributed by atoms with Gasteiger partial charge in [-0.15, -0.1) is 0 Å². The molecular weight excluding hydrogens is 272 g/mol. The fraction of sp³-hybridized carbons (Fsp3) is 0.333. The van der Waals surface area contributed by atoms with Gasteiger partial charge in [-0.05, 0) is 29.7 Å². The molecule has 0 fully saturated rings. The summed E-state index contributed by atoms with van der Waals surface area (Å²) in [6.07, 6.45) is 2.66. The molecule has 2 N–H and O–H groups in total. The summed E-state index contributed by atoms with van der Waals surface area (Å²) in [6, 6.07) is 3.77. The standard InChI is InChI=1S/C15H18N2O4/c1-4-9-6-12(20-2)13(21-3)7-10(9)5-11-8-16-15(19)17-14(11)18/h6-8H,4-5H2,1-3H3,(H2,16,17,18,19). The molecule has 0 aliphatic heterocycles. The third kappa shape index (κ3) is 3.16. The third-order valence-corrected chi connectivity index (χ3v) is 3.36. The minimum Gasteiger partial charge on any atom is -0.493 e. The first-order valence-electron chi connectivity index (χ1n) is 6.63. The zero-order valence-corrected chi connectivity index (χ0v) is 12.3. The number of rotatable bonds is 5. The summed E-state index contributed by atoms with van der Waals surface area (Å²) in [5.41, 5.74) is 1.64. The van der Waals surface area contributed by atoms with Crippen molar-refractivity contribution in [2.45, 2.75) is 19.8 Å². The van der Waals surface area contributed by atoms with E-state index in [0.29, 0.717) is 23.5 Å². The third-order valence-electron chi connectivity index (χ3n) is 3.36. The molecule has 1 aromatic carbocycles. The molecule has 6 heteroatoms. The van der Waals surface area contributed by atoms with Gasteiger partial charge in [0, 0.05) is 18.2 Å². The molecule has 21 heavy (non-hydrogen) atoms. The Morgan fingerprint density at radius 2 is 1.62 bits per heavy atom. The molecule has 0 aliphatic carbocycles. The van der Waals surface area contributed by atoms with Crippen molar-refractivity contribution in [3.63, 3.8) is 0 Å². The lowest BCUT2D eigenvalue weighted by molar-refractivity contribution is 0.354. The number of aromatic nitrogens is 2. The summed E-state index contributed by atoms with van der Waals surface area (Å²) >= 11 is 0. The van der Waals surface area contributed by atoms with E-state index in [9.17, 15) is 9.59 Å². The predicted molar refractivity (Wildman–Crippen MR) is 79.4 cm³/mol. The quantitative estimate of drug-likeness (QED) is 0.867. The van der Waals surface area contributed by atoms with E-state index < -0.39 is 5.69 Å². The molecule has 0 saturated carbocycles.